The zero-order chi connectivity index (χ0) is 33.1. The molecule has 0 spiro atoms. The van der Waals surface area contributed by atoms with E-state index in [1.54, 1.807) is 11.1 Å². The number of oxime groups is 1. The largest absolute Gasteiger partial charge is 0.481 e. The van der Waals surface area contributed by atoms with Crippen LogP contribution in [0.25, 0.3) is 0 Å². The average Bonchev–Trinajstić information content (AvgIpc) is 3.40. The molecule has 4 heterocycles. The van der Waals surface area contributed by atoms with Crippen molar-refractivity contribution < 1.29 is 44.1 Å². The number of nitrogens with zero attached hydrogens (tertiary/aromatic N) is 5. The van der Waals surface area contributed by atoms with Crippen molar-refractivity contribution in [3.8, 4) is 0 Å². The maximum absolute atomic E-state index is 13.3. The third kappa shape index (κ3) is 7.45. The minimum Gasteiger partial charge on any atom is -0.481 e. The number of thioether (sulfide) groups is 1. The second-order valence-corrected chi connectivity index (χ2v) is 12.4. The van der Waals surface area contributed by atoms with Gasteiger partial charge in [0.1, 0.15) is 35.3 Å². The molecule has 3 aliphatic heterocycles. The Balaban J connectivity index is 1.48. The number of rotatable bonds is 14. The number of nitrogens with two attached hydrogens (primary N) is 2. The monoisotopic (exact) mass is 665 g/mol. The minimum absolute atomic E-state index is 0.00171. The molecule has 1 unspecified atom stereocenters. The maximum atomic E-state index is 13.3. The van der Waals surface area contributed by atoms with Gasteiger partial charge in [-0.1, -0.05) is 5.16 Å². The van der Waals surface area contributed by atoms with Gasteiger partial charge in [0.05, 0.1) is 5.70 Å². The van der Waals surface area contributed by atoms with Gasteiger partial charge in [0, 0.05) is 36.8 Å². The van der Waals surface area contributed by atoms with Crippen LogP contribution in [-0.4, -0.2) is 114 Å². The molecule has 3 aliphatic rings. The molecule has 1 aromatic rings. The van der Waals surface area contributed by atoms with Crippen LogP contribution < -0.4 is 22.1 Å². The van der Waals surface area contributed by atoms with E-state index in [2.05, 4.69) is 25.8 Å². The number of aliphatic imine (C=N–C) groups is 1. The van der Waals surface area contributed by atoms with Crippen LogP contribution in [0.1, 0.15) is 32.4 Å². The molecule has 20 heteroatoms. The van der Waals surface area contributed by atoms with Gasteiger partial charge in [-0.3, -0.25) is 19.3 Å². The summed E-state index contributed by atoms with van der Waals surface area (Å²) in [6.45, 7) is 3.04. The first-order valence-electron chi connectivity index (χ1n) is 13.3. The van der Waals surface area contributed by atoms with E-state index in [0.29, 0.717) is 24.2 Å². The summed E-state index contributed by atoms with van der Waals surface area (Å²) in [5, 5.41) is 38.3. The van der Waals surface area contributed by atoms with Crippen LogP contribution in [-0.2, 0) is 28.8 Å². The Hall–Kier alpha value is -4.85. The molecule has 18 nitrogen and oxygen atoms in total. The molecule has 0 aliphatic carbocycles. The summed E-state index contributed by atoms with van der Waals surface area (Å²) in [6.07, 6.45) is 2.00. The van der Waals surface area contributed by atoms with E-state index >= 15 is 0 Å². The van der Waals surface area contributed by atoms with Gasteiger partial charge < -0.3 is 47.2 Å². The normalized spacial score (nSPS) is 20.0. The van der Waals surface area contributed by atoms with E-state index in [-0.39, 0.29) is 47.7 Å². The number of nitrogens with one attached hydrogen (secondary N) is 2. The first-order valence-corrected chi connectivity index (χ1v) is 15.3. The quantitative estimate of drug-likeness (QED) is 0.0542. The standard InChI is InChI=1S/C25H31N9O9S2/c1-25(2,23(41)42)43-32-15(13-9-45-24(27)30-13)19(37)31-16-20(38)34-17(22(39)40)11(8-44-21(16)34)6-33-7-12(18(26)29-10-33)28-5-3-4-14(35)36/h7,9,16,21,28H,3-6,8,10H2,1-2H3,(H2,26,29)(H2,27,30)(H,31,37)(H,35,36)(H,39,40)(H,41,42)/b32-15-/t16-,21?/m1/s1. The molecule has 9 N–H and O–H groups in total. The summed E-state index contributed by atoms with van der Waals surface area (Å²) in [6, 6.07) is -1.12. The van der Waals surface area contributed by atoms with Crippen LogP contribution in [0.3, 0.4) is 0 Å². The number of hydrogen-bond donors (Lipinski definition) is 7. The fourth-order valence-corrected chi connectivity index (χ4v) is 6.18. The van der Waals surface area contributed by atoms with Gasteiger partial charge >= 0.3 is 17.9 Å². The second kappa shape index (κ2) is 13.4. The number of anilines is 1. The lowest BCUT2D eigenvalue weighted by molar-refractivity contribution is -0.161. The van der Waals surface area contributed by atoms with E-state index in [0.717, 1.165) is 16.2 Å². The highest BCUT2D eigenvalue weighted by atomic mass is 32.2. The van der Waals surface area contributed by atoms with E-state index in [1.165, 1.54) is 31.0 Å². The SMILES string of the molecule is CC(C)(O/N=C(\C(=O)N[C@@H]1C(=O)N2C(C(=O)O)=C(CN3C=C(NCCCC(=O)O)C(N)=NC3)CSC12)c1csc(N)n1)C(=O)O. The Morgan fingerprint density at radius 2 is 1.96 bits per heavy atom. The summed E-state index contributed by atoms with van der Waals surface area (Å²) in [7, 11) is 0. The van der Waals surface area contributed by atoms with Crippen molar-refractivity contribution in [2.45, 2.75) is 43.7 Å². The Morgan fingerprint density at radius 1 is 1.22 bits per heavy atom. The zero-order valence-electron chi connectivity index (χ0n) is 24.1. The predicted molar refractivity (Wildman–Crippen MR) is 162 cm³/mol. The lowest BCUT2D eigenvalue weighted by atomic mass is 10.0. The number of hydrogen-bond acceptors (Lipinski definition) is 15. The van der Waals surface area contributed by atoms with Crippen LogP contribution in [0, 0.1) is 0 Å². The summed E-state index contributed by atoms with van der Waals surface area (Å²) in [5.74, 6) is -4.71. The van der Waals surface area contributed by atoms with Crippen molar-refractivity contribution in [3.05, 3.63) is 34.2 Å². The van der Waals surface area contributed by atoms with Gasteiger partial charge in [-0.05, 0) is 25.8 Å². The van der Waals surface area contributed by atoms with Gasteiger partial charge in [0.15, 0.2) is 10.8 Å². The van der Waals surface area contributed by atoms with E-state index in [1.807, 2.05) is 0 Å². The Kier molecular flexibility index (Phi) is 9.86. The second-order valence-electron chi connectivity index (χ2n) is 10.4. The topological polar surface area (TPSA) is 275 Å². The molecule has 2 atom stereocenters. The lowest BCUT2D eigenvalue weighted by Gasteiger charge is -2.49. The molecule has 1 fully saturated rings. The third-order valence-corrected chi connectivity index (χ3v) is 8.70. The number of aromatic nitrogens is 1. The smallest absolute Gasteiger partial charge is 0.352 e. The molecule has 1 saturated heterocycles. The van der Waals surface area contributed by atoms with Crippen LogP contribution in [0.15, 0.2) is 38.7 Å². The molecule has 0 bridgehead atoms. The highest BCUT2D eigenvalue weighted by Gasteiger charge is 2.54. The average molecular weight is 666 g/mol. The molecule has 1 aromatic heterocycles. The predicted octanol–water partition coefficient (Wildman–Crippen LogP) is -1.03. The minimum atomic E-state index is -1.79. The van der Waals surface area contributed by atoms with Crippen molar-refractivity contribution >= 4 is 69.5 Å². The molecular weight excluding hydrogens is 634 g/mol. The first kappa shape index (κ1) is 33.1. The number of carboxylic acids is 3. The lowest BCUT2D eigenvalue weighted by Crippen LogP contribution is -2.71. The number of carboxylic acid groups (broad SMARTS) is 3. The molecule has 45 heavy (non-hydrogen) atoms. The van der Waals surface area contributed by atoms with Gasteiger partial charge in [-0.15, -0.1) is 23.1 Å². The molecule has 0 radical (unpaired) electrons. The Labute approximate surface area is 263 Å². The number of amides is 2. The highest BCUT2D eigenvalue weighted by molar-refractivity contribution is 8.00. The van der Waals surface area contributed by atoms with Crippen LogP contribution in [0.4, 0.5) is 5.13 Å². The summed E-state index contributed by atoms with van der Waals surface area (Å²) in [5.41, 5.74) is 10.1. The zero-order valence-corrected chi connectivity index (χ0v) is 25.7. The number of nitrogen functional groups attached to an aromatic ring is 1. The fraction of sp³-hybridized carbons (Fsp3) is 0.440. The van der Waals surface area contributed by atoms with Gasteiger partial charge in [-0.25, -0.2) is 19.6 Å². The van der Waals surface area contributed by atoms with Crippen LogP contribution >= 0.6 is 23.1 Å². The van der Waals surface area contributed by atoms with Crippen LogP contribution in [0.5, 0.6) is 0 Å². The Bertz CT molecular complexity index is 1530. The number of thiazole rings is 1. The van der Waals surface area contributed by atoms with Gasteiger partial charge in [-0.2, -0.15) is 0 Å². The number of carbonyl (C=O) groups is 5. The molecule has 242 valence electrons. The van der Waals surface area contributed by atoms with Crippen molar-refractivity contribution in [1.29, 1.82) is 0 Å². The summed E-state index contributed by atoms with van der Waals surface area (Å²) in [4.78, 5) is 77.2. The first-order chi connectivity index (χ1) is 21.2. The number of aliphatic carboxylic acids is 3. The fourth-order valence-electron chi connectivity index (χ4n) is 4.30. The van der Waals surface area contributed by atoms with E-state index in [9.17, 15) is 34.2 Å². The van der Waals surface area contributed by atoms with Gasteiger partial charge in [0.2, 0.25) is 5.60 Å². The number of carbonyl (C=O) groups excluding carboxylic acids is 2. The molecule has 0 saturated carbocycles. The van der Waals surface area contributed by atoms with E-state index in [4.69, 9.17) is 21.4 Å². The van der Waals surface area contributed by atoms with Crippen LogP contribution in [0.2, 0.25) is 0 Å². The molecule has 2 amide bonds. The van der Waals surface area contributed by atoms with Crippen molar-refractivity contribution in [2.75, 3.05) is 31.2 Å². The Morgan fingerprint density at radius 3 is 2.58 bits per heavy atom. The highest BCUT2D eigenvalue weighted by Crippen LogP contribution is 2.40. The van der Waals surface area contributed by atoms with E-state index < -0.39 is 52.5 Å². The maximum Gasteiger partial charge on any atom is 0.352 e. The van der Waals surface area contributed by atoms with Gasteiger partial charge in [0.25, 0.3) is 11.8 Å². The third-order valence-electron chi connectivity index (χ3n) is 6.68. The van der Waals surface area contributed by atoms with Crippen molar-refractivity contribution in [2.24, 2.45) is 15.9 Å². The molecule has 0 aromatic carbocycles. The number of β-lactam (4-membered cyclic amide) rings is 1. The molecular formula is C25H31N9O9S2. The summed E-state index contributed by atoms with van der Waals surface area (Å²) < 4.78 is 0. The summed E-state index contributed by atoms with van der Waals surface area (Å²) >= 11 is 2.25. The molecule has 4 rings (SSSR count). The van der Waals surface area contributed by atoms with Crippen molar-refractivity contribution in [1.82, 2.24) is 25.4 Å². The number of amidine groups is 1. The van der Waals surface area contributed by atoms with Crippen molar-refractivity contribution in [3.63, 3.8) is 0 Å². The number of fused-ring (bicyclic) bond motifs is 1.